The molecular weight excluding hydrogens is 271 g/mol. The number of aromatic nitrogens is 3. The zero-order valence-corrected chi connectivity index (χ0v) is 12.1. The molecule has 0 spiro atoms. The molecule has 2 heterocycles. The van der Waals surface area contributed by atoms with Gasteiger partial charge in [-0.3, -0.25) is 4.98 Å². The summed E-state index contributed by atoms with van der Waals surface area (Å²) in [6, 6.07) is 5.78. The average molecular weight is 287 g/mol. The Labute approximate surface area is 119 Å². The minimum Gasteiger partial charge on any atom is -0.363 e. The summed E-state index contributed by atoms with van der Waals surface area (Å²) in [5.41, 5.74) is 1.95. The van der Waals surface area contributed by atoms with E-state index in [-0.39, 0.29) is 24.8 Å². The van der Waals surface area contributed by atoms with Crippen LogP contribution in [0.3, 0.4) is 0 Å². The molecule has 0 N–H and O–H groups in total. The van der Waals surface area contributed by atoms with Crippen molar-refractivity contribution in [2.75, 3.05) is 19.0 Å². The van der Waals surface area contributed by atoms with E-state index in [9.17, 15) is 0 Å². The van der Waals surface area contributed by atoms with Crippen molar-refractivity contribution in [1.29, 1.82) is 0 Å². The predicted molar refractivity (Wildman–Crippen MR) is 78.8 cm³/mol. The van der Waals surface area contributed by atoms with Gasteiger partial charge >= 0.3 is 0 Å². The summed E-state index contributed by atoms with van der Waals surface area (Å²) in [6.07, 6.45) is 3.49. The molecule has 0 atom stereocenters. The predicted octanol–water partition coefficient (Wildman–Crippen LogP) is 2.76. The van der Waals surface area contributed by atoms with E-state index in [1.807, 2.05) is 44.1 Å². The van der Waals surface area contributed by atoms with E-state index in [2.05, 4.69) is 15.0 Å². The zero-order valence-electron chi connectivity index (χ0n) is 10.5. The van der Waals surface area contributed by atoms with Crippen LogP contribution >= 0.6 is 24.8 Å². The third-order valence-electron chi connectivity index (χ3n) is 2.24. The summed E-state index contributed by atoms with van der Waals surface area (Å²) in [7, 11) is 3.94. The molecule has 4 nitrogen and oxygen atoms in total. The maximum Gasteiger partial charge on any atom is 0.161 e. The second kappa shape index (κ2) is 7.13. The smallest absolute Gasteiger partial charge is 0.161 e. The third-order valence-corrected chi connectivity index (χ3v) is 2.24. The number of rotatable bonds is 2. The molecule has 0 saturated carbocycles. The Hall–Kier alpha value is -1.39. The van der Waals surface area contributed by atoms with Gasteiger partial charge in [-0.05, 0) is 19.1 Å². The van der Waals surface area contributed by atoms with Crippen molar-refractivity contribution in [3.8, 4) is 11.4 Å². The molecule has 0 unspecified atom stereocenters. The number of halogens is 2. The number of anilines is 1. The van der Waals surface area contributed by atoms with E-state index in [1.165, 1.54) is 0 Å². The van der Waals surface area contributed by atoms with Crippen LogP contribution in [0.5, 0.6) is 0 Å². The topological polar surface area (TPSA) is 41.9 Å². The van der Waals surface area contributed by atoms with Gasteiger partial charge in [0.25, 0.3) is 0 Å². The second-order valence-electron chi connectivity index (χ2n) is 3.82. The highest BCUT2D eigenvalue weighted by atomic mass is 35.5. The van der Waals surface area contributed by atoms with Crippen LogP contribution in [0.15, 0.2) is 30.6 Å². The van der Waals surface area contributed by atoms with Gasteiger partial charge < -0.3 is 4.90 Å². The Morgan fingerprint density at radius 2 is 1.61 bits per heavy atom. The van der Waals surface area contributed by atoms with Crippen LogP contribution in [0.4, 0.5) is 5.82 Å². The monoisotopic (exact) mass is 286 g/mol. The molecule has 2 aromatic heterocycles. The third kappa shape index (κ3) is 3.82. The molecule has 0 aliphatic carbocycles. The van der Waals surface area contributed by atoms with Gasteiger partial charge in [0.05, 0.1) is 0 Å². The summed E-state index contributed by atoms with van der Waals surface area (Å²) >= 11 is 0. The van der Waals surface area contributed by atoms with Crippen LogP contribution < -0.4 is 4.90 Å². The lowest BCUT2D eigenvalue weighted by Gasteiger charge is -2.12. The van der Waals surface area contributed by atoms with Crippen molar-refractivity contribution >= 4 is 30.6 Å². The van der Waals surface area contributed by atoms with Crippen LogP contribution in [0, 0.1) is 6.92 Å². The maximum absolute atomic E-state index is 4.49. The summed E-state index contributed by atoms with van der Waals surface area (Å²) in [6.45, 7) is 1.97. The van der Waals surface area contributed by atoms with Crippen LogP contribution in [0.2, 0.25) is 0 Å². The second-order valence-corrected chi connectivity index (χ2v) is 3.82. The molecule has 2 rings (SSSR count). The molecule has 98 valence electrons. The molecule has 0 aromatic carbocycles. The Kier molecular flexibility index (Phi) is 6.58. The van der Waals surface area contributed by atoms with Crippen molar-refractivity contribution in [3.63, 3.8) is 0 Å². The first kappa shape index (κ1) is 16.6. The molecule has 6 heteroatoms. The first-order valence-electron chi connectivity index (χ1n) is 5.10. The fourth-order valence-corrected chi connectivity index (χ4v) is 1.41. The van der Waals surface area contributed by atoms with Gasteiger partial charge in [-0.25, -0.2) is 9.97 Å². The van der Waals surface area contributed by atoms with Crippen molar-refractivity contribution < 1.29 is 0 Å². The van der Waals surface area contributed by atoms with Gasteiger partial charge in [-0.1, -0.05) is 0 Å². The first-order chi connectivity index (χ1) is 7.66. The number of hydrogen-bond donors (Lipinski definition) is 0. The van der Waals surface area contributed by atoms with E-state index in [4.69, 9.17) is 0 Å². The average Bonchev–Trinajstić information content (AvgIpc) is 2.29. The van der Waals surface area contributed by atoms with Crippen molar-refractivity contribution in [3.05, 3.63) is 36.3 Å². The summed E-state index contributed by atoms with van der Waals surface area (Å²) in [4.78, 5) is 14.9. The normalized spacial score (nSPS) is 9.06. The van der Waals surface area contributed by atoms with Gasteiger partial charge in [0.2, 0.25) is 0 Å². The van der Waals surface area contributed by atoms with Gasteiger partial charge in [-0.15, -0.1) is 24.8 Å². The van der Waals surface area contributed by atoms with Gasteiger partial charge in [-0.2, -0.15) is 0 Å². The maximum atomic E-state index is 4.49. The number of aryl methyl sites for hydroxylation is 1. The minimum absolute atomic E-state index is 0. The lowest BCUT2D eigenvalue weighted by atomic mass is 10.2. The lowest BCUT2D eigenvalue weighted by molar-refractivity contribution is 1.02. The molecule has 0 amide bonds. The molecule has 0 aliphatic heterocycles. The fourth-order valence-electron chi connectivity index (χ4n) is 1.41. The van der Waals surface area contributed by atoms with Crippen LogP contribution in [0.25, 0.3) is 11.4 Å². The molecule has 0 aliphatic rings. The van der Waals surface area contributed by atoms with Gasteiger partial charge in [0.15, 0.2) is 5.82 Å². The largest absolute Gasteiger partial charge is 0.363 e. The Morgan fingerprint density at radius 3 is 2.17 bits per heavy atom. The van der Waals surface area contributed by atoms with E-state index in [0.29, 0.717) is 0 Å². The van der Waals surface area contributed by atoms with E-state index >= 15 is 0 Å². The highest BCUT2D eigenvalue weighted by Crippen LogP contribution is 2.17. The van der Waals surface area contributed by atoms with Crippen LogP contribution in [-0.4, -0.2) is 29.0 Å². The zero-order chi connectivity index (χ0) is 11.5. The summed E-state index contributed by atoms with van der Waals surface area (Å²) in [5.74, 6) is 1.66. The molecule has 0 saturated heterocycles. The summed E-state index contributed by atoms with van der Waals surface area (Å²) < 4.78 is 0. The van der Waals surface area contributed by atoms with Crippen molar-refractivity contribution in [2.45, 2.75) is 6.92 Å². The van der Waals surface area contributed by atoms with E-state index in [1.54, 1.807) is 12.4 Å². The van der Waals surface area contributed by atoms with Gasteiger partial charge in [0.1, 0.15) is 5.82 Å². The van der Waals surface area contributed by atoms with Crippen LogP contribution in [0.1, 0.15) is 5.69 Å². The minimum atomic E-state index is 0. The quantitative estimate of drug-likeness (QED) is 0.851. The standard InChI is InChI=1S/C12H14N4.2ClH/c1-9-8-11(16(2)3)15-12(14-9)10-4-6-13-7-5-10;;/h4-8H,1-3H3;2*1H. The van der Waals surface area contributed by atoms with E-state index in [0.717, 1.165) is 22.9 Å². The molecular formula is C12H16Cl2N4. The Morgan fingerprint density at radius 1 is 1.00 bits per heavy atom. The van der Waals surface area contributed by atoms with Crippen molar-refractivity contribution in [1.82, 2.24) is 15.0 Å². The number of pyridine rings is 1. The van der Waals surface area contributed by atoms with Crippen molar-refractivity contribution in [2.24, 2.45) is 0 Å². The fraction of sp³-hybridized carbons (Fsp3) is 0.250. The molecule has 18 heavy (non-hydrogen) atoms. The summed E-state index contributed by atoms with van der Waals surface area (Å²) in [5, 5.41) is 0. The van der Waals surface area contributed by atoms with E-state index < -0.39 is 0 Å². The van der Waals surface area contributed by atoms with Crippen LogP contribution in [-0.2, 0) is 0 Å². The number of hydrogen-bond acceptors (Lipinski definition) is 4. The highest BCUT2D eigenvalue weighted by Gasteiger charge is 2.05. The van der Waals surface area contributed by atoms with Gasteiger partial charge in [0, 0.05) is 43.8 Å². The highest BCUT2D eigenvalue weighted by molar-refractivity contribution is 5.85. The SMILES string of the molecule is Cc1cc(N(C)C)nc(-c2ccncc2)n1.Cl.Cl. The molecule has 0 bridgehead atoms. The first-order valence-corrected chi connectivity index (χ1v) is 5.10. The lowest BCUT2D eigenvalue weighted by Crippen LogP contribution is -2.12. The Bertz CT molecular complexity index is 489. The molecule has 0 radical (unpaired) electrons. The molecule has 2 aromatic rings. The molecule has 0 fully saturated rings. The number of nitrogens with zero attached hydrogens (tertiary/aromatic N) is 4. The Balaban J connectivity index is 0.00000144.